The lowest BCUT2D eigenvalue weighted by Crippen LogP contribution is -1.96. The third-order valence-corrected chi connectivity index (χ3v) is 3.32. The van der Waals surface area contributed by atoms with Crippen LogP contribution in [0.4, 0.5) is 0 Å². The van der Waals surface area contributed by atoms with E-state index in [4.69, 9.17) is 0 Å². The molecule has 0 fully saturated rings. The highest BCUT2D eigenvalue weighted by Crippen LogP contribution is 2.26. The summed E-state index contributed by atoms with van der Waals surface area (Å²) < 4.78 is 0. The fourth-order valence-corrected chi connectivity index (χ4v) is 2.45. The normalized spacial score (nSPS) is 13.8. The van der Waals surface area contributed by atoms with E-state index >= 15 is 0 Å². The van der Waals surface area contributed by atoms with Crippen LogP contribution in [0, 0.1) is 0 Å². The number of fused-ring (bicyclic) bond motifs is 1. The molecule has 2 heteroatoms. The van der Waals surface area contributed by atoms with Crippen LogP contribution in [-0.2, 0) is 12.8 Å². The zero-order chi connectivity index (χ0) is 11.7. The number of hydrogen-bond donors (Lipinski definition) is 0. The van der Waals surface area contributed by atoms with Crippen molar-refractivity contribution in [3.63, 3.8) is 0 Å². The summed E-state index contributed by atoms with van der Waals surface area (Å²) in [6.45, 7) is 0. The van der Waals surface area contributed by atoms with Crippen LogP contribution in [0.2, 0.25) is 0 Å². The van der Waals surface area contributed by atoms with Gasteiger partial charge in [-0.2, -0.15) is 0 Å². The molecule has 0 amide bonds. The van der Waals surface area contributed by atoms with E-state index < -0.39 is 0 Å². The third kappa shape index (κ3) is 1.86. The van der Waals surface area contributed by atoms with Crippen molar-refractivity contribution in [2.24, 2.45) is 0 Å². The zero-order valence-corrected chi connectivity index (χ0v) is 9.52. The number of carbonyl (C=O) groups excluding carboxylic acids is 1. The molecule has 3 rings (SSSR count). The molecule has 1 heterocycles. The molecule has 0 saturated heterocycles. The van der Waals surface area contributed by atoms with E-state index in [-0.39, 0.29) is 5.78 Å². The van der Waals surface area contributed by atoms with Gasteiger partial charge in [0.05, 0.1) is 0 Å². The Balaban J connectivity index is 1.98. The summed E-state index contributed by atoms with van der Waals surface area (Å²) in [5, 5.41) is 0. The summed E-state index contributed by atoms with van der Waals surface area (Å²) in [4.78, 5) is 15.7. The van der Waals surface area contributed by atoms with Crippen molar-refractivity contribution in [1.82, 2.24) is 4.98 Å². The van der Waals surface area contributed by atoms with E-state index in [1.165, 1.54) is 16.7 Å². The number of nitrogens with zero attached hydrogens (tertiary/aromatic N) is 1. The summed E-state index contributed by atoms with van der Waals surface area (Å²) in [7, 11) is 0. The average Bonchev–Trinajstić information content (AvgIpc) is 2.74. The van der Waals surface area contributed by atoms with Gasteiger partial charge < -0.3 is 0 Å². The summed E-state index contributed by atoms with van der Waals surface area (Å²) >= 11 is 0. The Labute approximate surface area is 100 Å². The summed E-state index contributed by atoms with van der Waals surface area (Å²) in [6.07, 6.45) is 6.07. The highest BCUT2D eigenvalue weighted by atomic mass is 16.1. The summed E-state index contributed by atoms with van der Waals surface area (Å²) in [5.74, 6) is 0.288. The first-order chi connectivity index (χ1) is 8.34. The van der Waals surface area contributed by atoms with Gasteiger partial charge in [-0.25, -0.2) is 0 Å². The topological polar surface area (TPSA) is 30.0 Å². The molecule has 0 atom stereocenters. The Kier molecular flexibility index (Phi) is 2.48. The van der Waals surface area contributed by atoms with Crippen LogP contribution < -0.4 is 0 Å². The fraction of sp³-hybridized carbons (Fsp3) is 0.200. The van der Waals surface area contributed by atoms with Crippen LogP contribution >= 0.6 is 0 Å². The largest absolute Gasteiger partial charge is 0.294 e. The summed E-state index contributed by atoms with van der Waals surface area (Å²) in [5.41, 5.74) is 4.69. The molecule has 0 unspecified atom stereocenters. The molecular weight excluding hydrogens is 210 g/mol. The molecule has 0 aliphatic heterocycles. The van der Waals surface area contributed by atoms with Crippen molar-refractivity contribution in [2.75, 3.05) is 0 Å². The molecule has 0 spiro atoms. The van der Waals surface area contributed by atoms with Crippen LogP contribution in [0.15, 0.2) is 42.7 Å². The Morgan fingerprint density at radius 3 is 2.71 bits per heavy atom. The van der Waals surface area contributed by atoms with Gasteiger partial charge in [-0.05, 0) is 41.7 Å². The van der Waals surface area contributed by atoms with E-state index in [0.717, 1.165) is 18.4 Å². The van der Waals surface area contributed by atoms with E-state index in [0.29, 0.717) is 6.42 Å². The van der Waals surface area contributed by atoms with Crippen LogP contribution in [-0.4, -0.2) is 10.8 Å². The maximum Gasteiger partial charge on any atom is 0.163 e. The second kappa shape index (κ2) is 4.13. The highest BCUT2D eigenvalue weighted by Gasteiger charge is 2.21. The van der Waals surface area contributed by atoms with Crippen LogP contribution in [0.1, 0.15) is 33.5 Å². The Bertz CT molecular complexity index is 560. The number of ketones is 1. The van der Waals surface area contributed by atoms with Crippen molar-refractivity contribution in [1.29, 1.82) is 0 Å². The lowest BCUT2D eigenvalue weighted by atomic mass is 9.98. The average molecular weight is 223 g/mol. The minimum absolute atomic E-state index is 0.288. The standard InChI is InChI=1S/C15H13NO/c17-15-5-4-13-12(2-1-3-14(13)15)10-11-6-8-16-9-7-11/h1-3,6-9H,4-5,10H2. The maximum atomic E-state index is 11.7. The minimum Gasteiger partial charge on any atom is -0.294 e. The second-order valence-corrected chi connectivity index (χ2v) is 4.40. The summed E-state index contributed by atoms with van der Waals surface area (Å²) in [6, 6.07) is 10.1. The third-order valence-electron chi connectivity index (χ3n) is 3.32. The Morgan fingerprint density at radius 1 is 1.06 bits per heavy atom. The molecule has 2 aromatic rings. The molecule has 0 saturated carbocycles. The van der Waals surface area contributed by atoms with Gasteiger partial charge in [-0.3, -0.25) is 9.78 Å². The van der Waals surface area contributed by atoms with Gasteiger partial charge in [-0.15, -0.1) is 0 Å². The van der Waals surface area contributed by atoms with Gasteiger partial charge >= 0.3 is 0 Å². The maximum absolute atomic E-state index is 11.7. The second-order valence-electron chi connectivity index (χ2n) is 4.40. The molecule has 1 aromatic heterocycles. The minimum atomic E-state index is 0.288. The number of Topliss-reactive ketones (excluding diaryl/α,β-unsaturated/α-hetero) is 1. The number of aromatic nitrogens is 1. The van der Waals surface area contributed by atoms with Crippen LogP contribution in [0.25, 0.3) is 0 Å². The van der Waals surface area contributed by atoms with Crippen molar-refractivity contribution >= 4 is 5.78 Å². The van der Waals surface area contributed by atoms with E-state index in [9.17, 15) is 4.79 Å². The predicted molar refractivity (Wildman–Crippen MR) is 66.1 cm³/mol. The van der Waals surface area contributed by atoms with Gasteiger partial charge in [0.15, 0.2) is 5.78 Å². The lowest BCUT2D eigenvalue weighted by molar-refractivity contribution is 0.0994. The molecular formula is C15H13NO. The fourth-order valence-electron chi connectivity index (χ4n) is 2.45. The number of carbonyl (C=O) groups is 1. The first-order valence-electron chi connectivity index (χ1n) is 5.87. The Hall–Kier alpha value is -1.96. The number of benzene rings is 1. The van der Waals surface area contributed by atoms with Gasteiger partial charge in [0.1, 0.15) is 0 Å². The molecule has 1 aliphatic carbocycles. The van der Waals surface area contributed by atoms with Gasteiger partial charge in [0.2, 0.25) is 0 Å². The van der Waals surface area contributed by atoms with E-state index in [1.807, 2.05) is 36.7 Å². The number of pyridine rings is 1. The number of hydrogen-bond acceptors (Lipinski definition) is 2. The van der Waals surface area contributed by atoms with E-state index in [2.05, 4.69) is 11.1 Å². The molecule has 1 aliphatic rings. The smallest absolute Gasteiger partial charge is 0.163 e. The van der Waals surface area contributed by atoms with Crippen molar-refractivity contribution < 1.29 is 4.79 Å². The van der Waals surface area contributed by atoms with Crippen LogP contribution in [0.3, 0.4) is 0 Å². The molecule has 1 aromatic carbocycles. The van der Waals surface area contributed by atoms with Gasteiger partial charge in [0.25, 0.3) is 0 Å². The molecule has 84 valence electrons. The molecule has 2 nitrogen and oxygen atoms in total. The lowest BCUT2D eigenvalue weighted by Gasteiger charge is -2.07. The van der Waals surface area contributed by atoms with Gasteiger partial charge in [-0.1, -0.05) is 18.2 Å². The van der Waals surface area contributed by atoms with Crippen molar-refractivity contribution in [3.8, 4) is 0 Å². The number of rotatable bonds is 2. The first kappa shape index (κ1) is 10.2. The quantitative estimate of drug-likeness (QED) is 0.783. The monoisotopic (exact) mass is 223 g/mol. The molecule has 17 heavy (non-hydrogen) atoms. The predicted octanol–water partition coefficient (Wildman–Crippen LogP) is 2.80. The molecule has 0 bridgehead atoms. The first-order valence-corrected chi connectivity index (χ1v) is 5.87. The Morgan fingerprint density at radius 2 is 1.88 bits per heavy atom. The van der Waals surface area contributed by atoms with Crippen molar-refractivity contribution in [2.45, 2.75) is 19.3 Å². The van der Waals surface area contributed by atoms with Crippen molar-refractivity contribution in [3.05, 3.63) is 65.0 Å². The SMILES string of the molecule is O=C1CCc2c(Cc3ccncc3)cccc21. The van der Waals surface area contributed by atoms with Crippen LogP contribution in [0.5, 0.6) is 0 Å². The zero-order valence-electron chi connectivity index (χ0n) is 9.52. The molecule has 0 radical (unpaired) electrons. The van der Waals surface area contributed by atoms with Gasteiger partial charge in [0, 0.05) is 24.4 Å². The molecule has 0 N–H and O–H groups in total. The van der Waals surface area contributed by atoms with E-state index in [1.54, 1.807) is 0 Å². The highest BCUT2D eigenvalue weighted by molar-refractivity contribution is 6.00.